The lowest BCUT2D eigenvalue weighted by Crippen LogP contribution is -2.12. The maximum absolute atomic E-state index is 12.5. The summed E-state index contributed by atoms with van der Waals surface area (Å²) in [5, 5.41) is 0.327. The molecule has 0 aliphatic carbocycles. The highest BCUT2D eigenvalue weighted by Crippen LogP contribution is 2.27. The van der Waals surface area contributed by atoms with Crippen LogP contribution in [0.15, 0.2) is 36.5 Å². The molecular weight excluding hydrogens is 281 g/mol. The van der Waals surface area contributed by atoms with Crippen molar-refractivity contribution in [2.75, 3.05) is 0 Å². The Balaban J connectivity index is 2.37. The largest absolute Gasteiger partial charge is 0.433 e. The number of alkyl halides is 3. The van der Waals surface area contributed by atoms with Crippen LogP contribution in [0.3, 0.4) is 0 Å². The molecule has 0 bridgehead atoms. The number of hydrogen-bond donors (Lipinski definition) is 0. The second kappa shape index (κ2) is 4.97. The number of ketones is 1. The number of aromatic nitrogens is 2. The Morgan fingerprint density at radius 2 is 1.84 bits per heavy atom. The molecule has 0 amide bonds. The van der Waals surface area contributed by atoms with Crippen molar-refractivity contribution in [3.05, 3.63) is 58.6 Å². The van der Waals surface area contributed by atoms with Crippen LogP contribution in [-0.4, -0.2) is 15.8 Å². The second-order valence-corrected chi connectivity index (χ2v) is 4.03. The molecule has 0 saturated heterocycles. The van der Waals surface area contributed by atoms with E-state index in [0.29, 0.717) is 5.02 Å². The zero-order valence-corrected chi connectivity index (χ0v) is 10.0. The molecule has 2 heterocycles. The molecule has 0 fully saturated rings. The molecule has 3 nitrogen and oxygen atoms in total. The topological polar surface area (TPSA) is 42.9 Å². The Labute approximate surface area is 111 Å². The third-order valence-corrected chi connectivity index (χ3v) is 2.46. The molecule has 19 heavy (non-hydrogen) atoms. The lowest BCUT2D eigenvalue weighted by atomic mass is 10.1. The van der Waals surface area contributed by atoms with Crippen molar-refractivity contribution in [3.63, 3.8) is 0 Å². The van der Waals surface area contributed by atoms with E-state index in [9.17, 15) is 18.0 Å². The van der Waals surface area contributed by atoms with Gasteiger partial charge in [-0.05, 0) is 24.3 Å². The molecule has 98 valence electrons. The van der Waals surface area contributed by atoms with Crippen LogP contribution in [0.5, 0.6) is 0 Å². The number of nitrogens with zero attached hydrogens (tertiary/aromatic N) is 2. The van der Waals surface area contributed by atoms with Crippen LogP contribution in [0, 0.1) is 0 Å². The van der Waals surface area contributed by atoms with Gasteiger partial charge in [0.2, 0.25) is 5.78 Å². The van der Waals surface area contributed by atoms with Gasteiger partial charge in [-0.2, -0.15) is 13.2 Å². The van der Waals surface area contributed by atoms with E-state index in [1.807, 2.05) is 0 Å². The van der Waals surface area contributed by atoms with Crippen molar-refractivity contribution in [3.8, 4) is 0 Å². The van der Waals surface area contributed by atoms with Gasteiger partial charge in [0.05, 0.1) is 5.02 Å². The first-order chi connectivity index (χ1) is 8.88. The number of carbonyl (C=O) groups excluding carboxylic acids is 1. The number of pyridine rings is 2. The van der Waals surface area contributed by atoms with Crippen molar-refractivity contribution in [2.45, 2.75) is 6.18 Å². The standard InChI is InChI=1S/C12H6ClF3N2O/c13-7-4-5-8(17-6-7)11(19)9-2-1-3-10(18-9)12(14,15)16/h1-6H. The maximum atomic E-state index is 12.5. The highest BCUT2D eigenvalue weighted by Gasteiger charge is 2.33. The van der Waals surface area contributed by atoms with Gasteiger partial charge in [-0.25, -0.2) is 4.98 Å². The molecule has 0 radical (unpaired) electrons. The summed E-state index contributed by atoms with van der Waals surface area (Å²) in [7, 11) is 0. The van der Waals surface area contributed by atoms with Crippen molar-refractivity contribution in [1.29, 1.82) is 0 Å². The highest BCUT2D eigenvalue weighted by molar-refractivity contribution is 6.30. The quantitative estimate of drug-likeness (QED) is 0.795. The summed E-state index contributed by atoms with van der Waals surface area (Å²) in [5.41, 5.74) is -1.45. The fourth-order valence-electron chi connectivity index (χ4n) is 1.36. The third-order valence-electron chi connectivity index (χ3n) is 2.23. The number of hydrogen-bond acceptors (Lipinski definition) is 3. The Kier molecular flexibility index (Phi) is 3.53. The normalized spacial score (nSPS) is 11.4. The summed E-state index contributed by atoms with van der Waals surface area (Å²) in [4.78, 5) is 18.9. The van der Waals surface area contributed by atoms with E-state index < -0.39 is 17.7 Å². The minimum Gasteiger partial charge on any atom is -0.285 e. The first kappa shape index (κ1) is 13.5. The van der Waals surface area contributed by atoms with Crippen LogP contribution < -0.4 is 0 Å². The summed E-state index contributed by atoms with van der Waals surface area (Å²) in [6.45, 7) is 0. The van der Waals surface area contributed by atoms with Crippen LogP contribution in [-0.2, 0) is 6.18 Å². The average molecular weight is 287 g/mol. The average Bonchev–Trinajstić information content (AvgIpc) is 2.38. The first-order valence-electron chi connectivity index (χ1n) is 5.08. The van der Waals surface area contributed by atoms with Crippen LogP contribution in [0.1, 0.15) is 21.9 Å². The molecule has 0 N–H and O–H groups in total. The molecule has 0 aliphatic rings. The molecule has 0 saturated carbocycles. The maximum Gasteiger partial charge on any atom is 0.433 e. The zero-order valence-electron chi connectivity index (χ0n) is 9.28. The van der Waals surface area contributed by atoms with Crippen molar-refractivity contribution in [1.82, 2.24) is 9.97 Å². The highest BCUT2D eigenvalue weighted by atomic mass is 35.5. The Morgan fingerprint density at radius 3 is 2.42 bits per heavy atom. The second-order valence-electron chi connectivity index (χ2n) is 3.60. The molecule has 2 rings (SSSR count). The van der Waals surface area contributed by atoms with Gasteiger partial charge < -0.3 is 0 Å². The van der Waals surface area contributed by atoms with E-state index in [1.54, 1.807) is 0 Å². The number of rotatable bonds is 2. The van der Waals surface area contributed by atoms with Crippen molar-refractivity contribution >= 4 is 17.4 Å². The molecule has 7 heteroatoms. The summed E-state index contributed by atoms with van der Waals surface area (Å²) in [5.74, 6) is -0.692. The van der Waals surface area contributed by atoms with Crippen LogP contribution >= 0.6 is 11.6 Å². The van der Waals surface area contributed by atoms with Crippen LogP contribution in [0.2, 0.25) is 5.02 Å². The molecule has 0 atom stereocenters. The van der Waals surface area contributed by atoms with Crippen molar-refractivity contribution in [2.24, 2.45) is 0 Å². The van der Waals surface area contributed by atoms with Crippen molar-refractivity contribution < 1.29 is 18.0 Å². The number of halogens is 4. The van der Waals surface area contributed by atoms with Gasteiger partial charge in [0, 0.05) is 6.20 Å². The fraction of sp³-hybridized carbons (Fsp3) is 0.0833. The Hall–Kier alpha value is -1.95. The van der Waals surface area contributed by atoms with Gasteiger partial charge in [-0.3, -0.25) is 9.78 Å². The molecule has 0 spiro atoms. The van der Waals surface area contributed by atoms with Gasteiger partial charge in [0.1, 0.15) is 17.1 Å². The van der Waals surface area contributed by atoms with Gasteiger partial charge >= 0.3 is 6.18 Å². The van der Waals surface area contributed by atoms with Crippen LogP contribution in [0.4, 0.5) is 13.2 Å². The summed E-state index contributed by atoms with van der Waals surface area (Å²) in [6.07, 6.45) is -3.36. The monoisotopic (exact) mass is 286 g/mol. The molecule has 2 aromatic heterocycles. The van der Waals surface area contributed by atoms with Gasteiger partial charge in [-0.15, -0.1) is 0 Å². The van der Waals surface area contributed by atoms with Gasteiger partial charge in [0.15, 0.2) is 0 Å². The van der Waals surface area contributed by atoms with E-state index in [4.69, 9.17) is 11.6 Å². The zero-order chi connectivity index (χ0) is 14.0. The first-order valence-corrected chi connectivity index (χ1v) is 5.46. The van der Waals surface area contributed by atoms with E-state index in [0.717, 1.165) is 12.1 Å². The Bertz CT molecular complexity index is 611. The van der Waals surface area contributed by atoms with Gasteiger partial charge in [0.25, 0.3) is 0 Å². The number of carbonyl (C=O) groups is 1. The lowest BCUT2D eigenvalue weighted by Gasteiger charge is -2.06. The molecule has 0 aromatic carbocycles. The van der Waals surface area contributed by atoms with Crippen LogP contribution in [0.25, 0.3) is 0 Å². The van der Waals surface area contributed by atoms with E-state index in [-0.39, 0.29) is 11.4 Å². The predicted octanol–water partition coefficient (Wildman–Crippen LogP) is 3.38. The van der Waals surface area contributed by atoms with E-state index in [2.05, 4.69) is 9.97 Å². The van der Waals surface area contributed by atoms with E-state index in [1.165, 1.54) is 24.4 Å². The third kappa shape index (κ3) is 3.08. The molecule has 2 aromatic rings. The fourth-order valence-corrected chi connectivity index (χ4v) is 1.47. The summed E-state index contributed by atoms with van der Waals surface area (Å²) < 4.78 is 37.4. The molecular formula is C12H6ClF3N2O. The Morgan fingerprint density at radius 1 is 1.11 bits per heavy atom. The molecule has 0 aliphatic heterocycles. The summed E-state index contributed by atoms with van der Waals surface area (Å²) in [6, 6.07) is 5.88. The SMILES string of the molecule is O=C(c1ccc(Cl)cn1)c1cccc(C(F)(F)F)n1. The van der Waals surface area contributed by atoms with Gasteiger partial charge in [-0.1, -0.05) is 17.7 Å². The minimum atomic E-state index is -4.59. The smallest absolute Gasteiger partial charge is 0.285 e. The lowest BCUT2D eigenvalue weighted by molar-refractivity contribution is -0.141. The minimum absolute atomic E-state index is 0.0174. The summed E-state index contributed by atoms with van der Waals surface area (Å²) >= 11 is 5.61. The molecule has 0 unspecified atom stereocenters. The predicted molar refractivity (Wildman–Crippen MR) is 61.9 cm³/mol. The van der Waals surface area contributed by atoms with E-state index >= 15 is 0 Å².